The zero-order chi connectivity index (χ0) is 14.8. The van der Waals surface area contributed by atoms with Gasteiger partial charge in [-0.25, -0.2) is 0 Å². The lowest BCUT2D eigenvalue weighted by molar-refractivity contribution is 0.100. The van der Waals surface area contributed by atoms with Crippen molar-refractivity contribution >= 4 is 17.2 Å². The number of benzene rings is 1. The number of rotatable bonds is 1. The van der Waals surface area contributed by atoms with Crippen LogP contribution >= 0.6 is 11.3 Å². The van der Waals surface area contributed by atoms with E-state index >= 15 is 0 Å². The summed E-state index contributed by atoms with van der Waals surface area (Å²) >= 11 is 1.45. The highest BCUT2D eigenvalue weighted by Gasteiger charge is 2.06. The monoisotopic (exact) mass is 277 g/mol. The van der Waals surface area contributed by atoms with Crippen molar-refractivity contribution in [1.82, 2.24) is 0 Å². The third kappa shape index (κ3) is 6.77. The van der Waals surface area contributed by atoms with E-state index in [1.807, 2.05) is 52.0 Å². The topological polar surface area (TPSA) is 43.1 Å². The van der Waals surface area contributed by atoms with Gasteiger partial charge in [-0.15, -0.1) is 11.3 Å². The first kappa shape index (κ1) is 17.4. The normalized spacial score (nSPS) is 8.68. The van der Waals surface area contributed by atoms with E-state index in [-0.39, 0.29) is 5.91 Å². The molecule has 1 aromatic heterocycles. The smallest absolute Gasteiger partial charge is 0.259 e. The molecule has 0 radical (unpaired) electrons. The number of carbonyl (C=O) groups is 1. The second-order valence-corrected chi connectivity index (χ2v) is 5.14. The van der Waals surface area contributed by atoms with Gasteiger partial charge in [0, 0.05) is 4.88 Å². The second kappa shape index (κ2) is 9.34. The highest BCUT2D eigenvalue weighted by Crippen LogP contribution is 2.19. The van der Waals surface area contributed by atoms with Crippen LogP contribution in [0.25, 0.3) is 0 Å². The van der Waals surface area contributed by atoms with Gasteiger partial charge in [-0.1, -0.05) is 49.7 Å². The fraction of sp³-hybridized carbons (Fsp3) is 0.312. The number of thiophene rings is 1. The number of carbonyl (C=O) groups excluding carboxylic acids is 1. The third-order valence-electron chi connectivity index (χ3n) is 2.21. The highest BCUT2D eigenvalue weighted by atomic mass is 32.1. The number of nitrogens with two attached hydrogens (primary N) is 1. The number of primary amides is 1. The SMILES string of the molecule is CC.Cc1cc(C)c(C(N)=O)s1.Cc1ccccc1. The number of amides is 1. The Balaban J connectivity index is 0.000000316. The van der Waals surface area contributed by atoms with Gasteiger partial charge in [0.25, 0.3) is 5.91 Å². The Kier molecular flexibility index (Phi) is 8.55. The van der Waals surface area contributed by atoms with E-state index in [4.69, 9.17) is 5.73 Å². The Hall–Kier alpha value is -1.61. The van der Waals surface area contributed by atoms with Crippen LogP contribution in [0.1, 0.15) is 39.5 Å². The van der Waals surface area contributed by atoms with Crippen LogP contribution in [0.4, 0.5) is 0 Å². The molecule has 0 fully saturated rings. The first-order valence-corrected chi connectivity index (χ1v) is 7.21. The van der Waals surface area contributed by atoms with Gasteiger partial charge in [0.1, 0.15) is 0 Å². The van der Waals surface area contributed by atoms with Gasteiger partial charge >= 0.3 is 0 Å². The molecule has 19 heavy (non-hydrogen) atoms. The van der Waals surface area contributed by atoms with Crippen molar-refractivity contribution < 1.29 is 4.79 Å². The van der Waals surface area contributed by atoms with E-state index in [0.29, 0.717) is 4.88 Å². The van der Waals surface area contributed by atoms with Crippen molar-refractivity contribution in [1.29, 1.82) is 0 Å². The number of hydrogen-bond donors (Lipinski definition) is 1. The molecule has 0 atom stereocenters. The van der Waals surface area contributed by atoms with Gasteiger partial charge in [0.15, 0.2) is 0 Å². The van der Waals surface area contributed by atoms with Gasteiger partial charge in [-0.2, -0.15) is 0 Å². The maximum Gasteiger partial charge on any atom is 0.259 e. The van der Waals surface area contributed by atoms with Crippen molar-refractivity contribution in [3.05, 3.63) is 57.3 Å². The third-order valence-corrected chi connectivity index (χ3v) is 3.37. The Labute approximate surface area is 120 Å². The summed E-state index contributed by atoms with van der Waals surface area (Å²) in [6.07, 6.45) is 0. The molecule has 0 saturated heterocycles. The molecule has 0 aliphatic carbocycles. The molecule has 0 bridgehead atoms. The highest BCUT2D eigenvalue weighted by molar-refractivity contribution is 7.14. The maximum atomic E-state index is 10.7. The molecular formula is C16H23NOS. The zero-order valence-corrected chi connectivity index (χ0v) is 13.2. The second-order valence-electron chi connectivity index (χ2n) is 3.89. The lowest BCUT2D eigenvalue weighted by Gasteiger charge is -1.87. The van der Waals surface area contributed by atoms with Crippen molar-refractivity contribution in [3.63, 3.8) is 0 Å². The molecule has 104 valence electrons. The van der Waals surface area contributed by atoms with Gasteiger partial charge < -0.3 is 5.73 Å². The van der Waals surface area contributed by atoms with Crippen molar-refractivity contribution in [2.75, 3.05) is 0 Å². The Morgan fingerprint density at radius 1 is 1.05 bits per heavy atom. The van der Waals surface area contributed by atoms with Gasteiger partial charge in [0.05, 0.1) is 4.88 Å². The van der Waals surface area contributed by atoms with Crippen LogP contribution < -0.4 is 5.73 Å². The lowest BCUT2D eigenvalue weighted by atomic mass is 10.2. The average molecular weight is 277 g/mol. The van der Waals surface area contributed by atoms with E-state index in [2.05, 4.69) is 19.1 Å². The minimum atomic E-state index is -0.324. The molecule has 2 nitrogen and oxygen atoms in total. The quantitative estimate of drug-likeness (QED) is 0.820. The molecule has 1 aromatic carbocycles. The van der Waals surface area contributed by atoms with Crippen molar-refractivity contribution in [3.8, 4) is 0 Å². The molecule has 1 heterocycles. The largest absolute Gasteiger partial charge is 0.365 e. The van der Waals surface area contributed by atoms with Crippen LogP contribution in [0.3, 0.4) is 0 Å². The average Bonchev–Trinajstić information content (AvgIpc) is 2.73. The number of hydrogen-bond acceptors (Lipinski definition) is 2. The molecule has 2 rings (SSSR count). The summed E-state index contributed by atoms with van der Waals surface area (Å²) in [4.78, 5) is 12.5. The van der Waals surface area contributed by atoms with Crippen LogP contribution in [-0.2, 0) is 0 Å². The molecule has 0 aliphatic rings. The Morgan fingerprint density at radius 2 is 1.58 bits per heavy atom. The van der Waals surface area contributed by atoms with Crippen LogP contribution in [-0.4, -0.2) is 5.91 Å². The van der Waals surface area contributed by atoms with Crippen molar-refractivity contribution in [2.45, 2.75) is 34.6 Å². The fourth-order valence-corrected chi connectivity index (χ4v) is 2.30. The maximum absolute atomic E-state index is 10.7. The van der Waals surface area contributed by atoms with Crippen LogP contribution in [0.5, 0.6) is 0 Å². The van der Waals surface area contributed by atoms with E-state index in [9.17, 15) is 4.79 Å². The molecule has 0 unspecified atom stereocenters. The molecule has 1 amide bonds. The molecule has 0 aliphatic heterocycles. The summed E-state index contributed by atoms with van der Waals surface area (Å²) in [6, 6.07) is 12.2. The van der Waals surface area contributed by atoms with E-state index in [1.165, 1.54) is 16.9 Å². The standard InChI is InChI=1S/C7H9NOS.C7H8.C2H6/c1-4-3-5(2)10-6(4)7(8)9;1-7-5-3-2-4-6-7;1-2/h3H,1-2H3,(H2,8,9);2-6H,1H3;1-2H3. The van der Waals surface area contributed by atoms with Gasteiger partial charge in [-0.05, 0) is 32.4 Å². The summed E-state index contributed by atoms with van der Waals surface area (Å²) in [5.74, 6) is -0.324. The van der Waals surface area contributed by atoms with Crippen LogP contribution in [0.2, 0.25) is 0 Å². The molecule has 0 spiro atoms. The van der Waals surface area contributed by atoms with E-state index in [1.54, 1.807) is 0 Å². The van der Waals surface area contributed by atoms with Crippen LogP contribution in [0.15, 0.2) is 36.4 Å². The van der Waals surface area contributed by atoms with Gasteiger partial charge in [-0.3, -0.25) is 4.79 Å². The minimum absolute atomic E-state index is 0.324. The molecule has 0 saturated carbocycles. The summed E-state index contributed by atoms with van der Waals surface area (Å²) in [5.41, 5.74) is 7.40. The Morgan fingerprint density at radius 3 is 1.79 bits per heavy atom. The zero-order valence-electron chi connectivity index (χ0n) is 12.4. The number of aryl methyl sites for hydroxylation is 3. The molecule has 3 heteroatoms. The summed E-state index contributed by atoms with van der Waals surface area (Å²) in [5, 5.41) is 0. The van der Waals surface area contributed by atoms with E-state index < -0.39 is 0 Å². The van der Waals surface area contributed by atoms with Crippen molar-refractivity contribution in [2.24, 2.45) is 5.73 Å². The first-order valence-electron chi connectivity index (χ1n) is 6.39. The predicted octanol–water partition coefficient (Wildman–Crippen LogP) is 4.49. The Bertz CT molecular complexity index is 489. The first-order chi connectivity index (χ1) is 9.00. The van der Waals surface area contributed by atoms with E-state index in [0.717, 1.165) is 10.4 Å². The van der Waals surface area contributed by atoms with Crippen LogP contribution in [0, 0.1) is 20.8 Å². The summed E-state index contributed by atoms with van der Waals surface area (Å²) < 4.78 is 0. The molecule has 2 N–H and O–H groups in total. The molecular weight excluding hydrogens is 254 g/mol. The summed E-state index contributed by atoms with van der Waals surface area (Å²) in [7, 11) is 0. The predicted molar refractivity (Wildman–Crippen MR) is 84.8 cm³/mol. The lowest BCUT2D eigenvalue weighted by Crippen LogP contribution is -2.09. The van der Waals surface area contributed by atoms with Gasteiger partial charge in [0.2, 0.25) is 0 Å². The summed E-state index contributed by atoms with van der Waals surface area (Å²) in [6.45, 7) is 9.94. The molecule has 2 aromatic rings. The minimum Gasteiger partial charge on any atom is -0.365 e. The fourth-order valence-electron chi connectivity index (χ4n) is 1.42.